The summed E-state index contributed by atoms with van der Waals surface area (Å²) in [6.07, 6.45) is 3.73. The summed E-state index contributed by atoms with van der Waals surface area (Å²) >= 11 is 0. The van der Waals surface area contributed by atoms with Gasteiger partial charge in [0.15, 0.2) is 0 Å². The van der Waals surface area contributed by atoms with Gasteiger partial charge in [-0.15, -0.1) is 0 Å². The van der Waals surface area contributed by atoms with Gasteiger partial charge in [-0.05, 0) is 17.5 Å². The average Bonchev–Trinajstić information content (AvgIpc) is 2.17. The SMILES string of the molecule is CN(C)c1cccc2ccncc12. The van der Waals surface area contributed by atoms with Gasteiger partial charge in [-0.2, -0.15) is 0 Å². The van der Waals surface area contributed by atoms with E-state index in [1.807, 2.05) is 32.6 Å². The van der Waals surface area contributed by atoms with E-state index in [1.165, 1.54) is 16.5 Å². The van der Waals surface area contributed by atoms with Crippen LogP contribution in [0.1, 0.15) is 0 Å². The fourth-order valence-electron chi connectivity index (χ4n) is 1.49. The van der Waals surface area contributed by atoms with Crippen LogP contribution in [0.4, 0.5) is 5.69 Å². The lowest BCUT2D eigenvalue weighted by Crippen LogP contribution is -2.08. The van der Waals surface area contributed by atoms with Crippen molar-refractivity contribution >= 4 is 16.5 Å². The van der Waals surface area contributed by atoms with Crippen molar-refractivity contribution in [2.75, 3.05) is 19.0 Å². The van der Waals surface area contributed by atoms with Crippen LogP contribution in [0.3, 0.4) is 0 Å². The Morgan fingerprint density at radius 3 is 2.77 bits per heavy atom. The van der Waals surface area contributed by atoms with E-state index in [2.05, 4.69) is 28.1 Å². The number of aromatic nitrogens is 1. The van der Waals surface area contributed by atoms with E-state index in [0.29, 0.717) is 0 Å². The molecule has 0 unspecified atom stereocenters. The monoisotopic (exact) mass is 172 g/mol. The third kappa shape index (κ3) is 1.35. The maximum absolute atomic E-state index is 4.13. The normalized spacial score (nSPS) is 10.3. The number of pyridine rings is 1. The summed E-state index contributed by atoms with van der Waals surface area (Å²) in [5.74, 6) is 0. The molecule has 0 aliphatic rings. The highest BCUT2D eigenvalue weighted by molar-refractivity contribution is 5.93. The first-order valence-corrected chi connectivity index (χ1v) is 4.29. The molecule has 0 fully saturated rings. The molecular weight excluding hydrogens is 160 g/mol. The molecule has 2 aromatic rings. The number of hydrogen-bond donors (Lipinski definition) is 0. The van der Waals surface area contributed by atoms with Gasteiger partial charge in [-0.3, -0.25) is 4.98 Å². The van der Waals surface area contributed by atoms with Crippen molar-refractivity contribution in [1.29, 1.82) is 0 Å². The molecule has 2 heteroatoms. The van der Waals surface area contributed by atoms with Gasteiger partial charge in [0.25, 0.3) is 0 Å². The van der Waals surface area contributed by atoms with Crippen LogP contribution in [0.25, 0.3) is 10.8 Å². The predicted molar refractivity (Wildman–Crippen MR) is 56.1 cm³/mol. The fourth-order valence-corrected chi connectivity index (χ4v) is 1.49. The summed E-state index contributed by atoms with van der Waals surface area (Å²) in [6, 6.07) is 8.30. The lowest BCUT2D eigenvalue weighted by Gasteiger charge is -2.14. The summed E-state index contributed by atoms with van der Waals surface area (Å²) < 4.78 is 0. The van der Waals surface area contributed by atoms with E-state index < -0.39 is 0 Å². The number of anilines is 1. The molecule has 1 heterocycles. The predicted octanol–water partition coefficient (Wildman–Crippen LogP) is 2.30. The molecule has 0 aliphatic carbocycles. The zero-order valence-electron chi connectivity index (χ0n) is 7.86. The van der Waals surface area contributed by atoms with Gasteiger partial charge in [-0.1, -0.05) is 12.1 Å². The summed E-state index contributed by atoms with van der Waals surface area (Å²) in [6.45, 7) is 0. The van der Waals surface area contributed by atoms with Crippen molar-refractivity contribution in [1.82, 2.24) is 4.98 Å². The van der Waals surface area contributed by atoms with E-state index in [4.69, 9.17) is 0 Å². The second-order valence-electron chi connectivity index (χ2n) is 3.27. The fraction of sp³-hybridized carbons (Fsp3) is 0.182. The van der Waals surface area contributed by atoms with Gasteiger partial charge in [0.2, 0.25) is 0 Å². The molecule has 0 saturated carbocycles. The summed E-state index contributed by atoms with van der Waals surface area (Å²) in [4.78, 5) is 6.23. The molecular formula is C11H12N2. The third-order valence-corrected chi connectivity index (χ3v) is 2.14. The van der Waals surface area contributed by atoms with Crippen molar-refractivity contribution in [2.45, 2.75) is 0 Å². The van der Waals surface area contributed by atoms with Crippen LogP contribution in [-0.4, -0.2) is 19.1 Å². The van der Waals surface area contributed by atoms with Crippen LogP contribution in [-0.2, 0) is 0 Å². The topological polar surface area (TPSA) is 16.1 Å². The first-order chi connectivity index (χ1) is 6.29. The Balaban J connectivity index is 2.76. The highest BCUT2D eigenvalue weighted by Gasteiger charge is 2.00. The molecule has 0 bridgehead atoms. The van der Waals surface area contributed by atoms with E-state index >= 15 is 0 Å². The molecule has 0 saturated heterocycles. The van der Waals surface area contributed by atoms with Gasteiger partial charge in [0, 0.05) is 37.6 Å². The minimum absolute atomic E-state index is 1.20. The molecule has 2 rings (SSSR count). The van der Waals surface area contributed by atoms with Crippen LogP contribution in [0.5, 0.6) is 0 Å². The molecule has 0 spiro atoms. The minimum Gasteiger partial charge on any atom is -0.377 e. The number of rotatable bonds is 1. The van der Waals surface area contributed by atoms with E-state index in [9.17, 15) is 0 Å². The molecule has 0 radical (unpaired) electrons. The minimum atomic E-state index is 1.20. The highest BCUT2D eigenvalue weighted by Crippen LogP contribution is 2.23. The van der Waals surface area contributed by atoms with Crippen molar-refractivity contribution in [3.05, 3.63) is 36.7 Å². The summed E-state index contributed by atoms with van der Waals surface area (Å²) in [7, 11) is 4.09. The van der Waals surface area contributed by atoms with E-state index in [1.54, 1.807) is 0 Å². The van der Waals surface area contributed by atoms with Crippen LogP contribution in [0, 0.1) is 0 Å². The van der Waals surface area contributed by atoms with Crippen molar-refractivity contribution < 1.29 is 0 Å². The molecule has 2 nitrogen and oxygen atoms in total. The molecule has 13 heavy (non-hydrogen) atoms. The Morgan fingerprint density at radius 1 is 1.15 bits per heavy atom. The Labute approximate surface area is 77.8 Å². The molecule has 0 amide bonds. The Hall–Kier alpha value is -1.57. The van der Waals surface area contributed by atoms with Crippen LogP contribution in [0.2, 0.25) is 0 Å². The number of hydrogen-bond acceptors (Lipinski definition) is 2. The molecule has 1 aromatic carbocycles. The van der Waals surface area contributed by atoms with Crippen LogP contribution >= 0.6 is 0 Å². The van der Waals surface area contributed by atoms with Gasteiger partial charge in [-0.25, -0.2) is 0 Å². The first-order valence-electron chi connectivity index (χ1n) is 4.29. The van der Waals surface area contributed by atoms with Gasteiger partial charge < -0.3 is 4.90 Å². The number of benzene rings is 1. The van der Waals surface area contributed by atoms with Gasteiger partial charge >= 0.3 is 0 Å². The molecule has 0 atom stereocenters. The van der Waals surface area contributed by atoms with Crippen molar-refractivity contribution in [3.8, 4) is 0 Å². The van der Waals surface area contributed by atoms with Crippen LogP contribution < -0.4 is 4.90 Å². The lowest BCUT2D eigenvalue weighted by atomic mass is 10.1. The van der Waals surface area contributed by atoms with Crippen molar-refractivity contribution in [2.24, 2.45) is 0 Å². The molecule has 66 valence electrons. The summed E-state index contributed by atoms with van der Waals surface area (Å²) in [5, 5.41) is 2.44. The maximum atomic E-state index is 4.13. The highest BCUT2D eigenvalue weighted by atomic mass is 15.1. The summed E-state index contributed by atoms with van der Waals surface area (Å²) in [5.41, 5.74) is 1.21. The number of nitrogens with zero attached hydrogens (tertiary/aromatic N) is 2. The average molecular weight is 172 g/mol. The first kappa shape index (κ1) is 8.05. The van der Waals surface area contributed by atoms with E-state index in [-0.39, 0.29) is 0 Å². The smallest absolute Gasteiger partial charge is 0.0456 e. The Kier molecular flexibility index (Phi) is 1.89. The third-order valence-electron chi connectivity index (χ3n) is 2.14. The molecule has 0 aliphatic heterocycles. The zero-order valence-corrected chi connectivity index (χ0v) is 7.86. The molecule has 0 N–H and O–H groups in total. The van der Waals surface area contributed by atoms with Crippen LogP contribution in [0.15, 0.2) is 36.7 Å². The Morgan fingerprint density at radius 2 is 2.00 bits per heavy atom. The van der Waals surface area contributed by atoms with Crippen molar-refractivity contribution in [3.63, 3.8) is 0 Å². The largest absolute Gasteiger partial charge is 0.377 e. The van der Waals surface area contributed by atoms with Gasteiger partial charge in [0.1, 0.15) is 0 Å². The number of fused-ring (bicyclic) bond motifs is 1. The zero-order chi connectivity index (χ0) is 9.26. The maximum Gasteiger partial charge on any atom is 0.0456 e. The lowest BCUT2D eigenvalue weighted by molar-refractivity contribution is 1.14. The second kappa shape index (κ2) is 3.05. The standard InChI is InChI=1S/C11H12N2/c1-13(2)11-5-3-4-9-6-7-12-8-10(9)11/h3-8H,1-2H3. The Bertz CT molecular complexity index is 416. The molecule has 1 aromatic heterocycles. The van der Waals surface area contributed by atoms with Gasteiger partial charge in [0.05, 0.1) is 0 Å². The quantitative estimate of drug-likeness (QED) is 0.656. The second-order valence-corrected chi connectivity index (χ2v) is 3.27. The van der Waals surface area contributed by atoms with E-state index in [0.717, 1.165) is 0 Å².